The lowest BCUT2D eigenvalue weighted by Gasteiger charge is -2.29. The van der Waals surface area contributed by atoms with Crippen molar-refractivity contribution >= 4 is 5.97 Å². The number of ether oxygens (including phenoxy) is 1. The summed E-state index contributed by atoms with van der Waals surface area (Å²) in [5, 5.41) is 3.43. The lowest BCUT2D eigenvalue weighted by Crippen LogP contribution is -2.48. The third-order valence-corrected chi connectivity index (χ3v) is 4.28. The van der Waals surface area contributed by atoms with Gasteiger partial charge in [0.2, 0.25) is 0 Å². The normalized spacial score (nSPS) is 17.6. The van der Waals surface area contributed by atoms with E-state index in [0.29, 0.717) is 18.4 Å². The second-order valence-electron chi connectivity index (χ2n) is 6.45. The van der Waals surface area contributed by atoms with Gasteiger partial charge in [-0.05, 0) is 56.2 Å². The van der Waals surface area contributed by atoms with Crippen LogP contribution in [0.25, 0.3) is 0 Å². The van der Waals surface area contributed by atoms with Gasteiger partial charge in [0.05, 0.1) is 6.61 Å². The predicted molar refractivity (Wildman–Crippen MR) is 85.2 cm³/mol. The highest BCUT2D eigenvalue weighted by Gasteiger charge is 2.38. The molecule has 116 valence electrons. The van der Waals surface area contributed by atoms with Crippen LogP contribution in [0.4, 0.5) is 0 Å². The Bertz CT molecular complexity index is 476. The van der Waals surface area contributed by atoms with Gasteiger partial charge >= 0.3 is 5.97 Å². The van der Waals surface area contributed by atoms with E-state index in [1.54, 1.807) is 0 Å². The fourth-order valence-corrected chi connectivity index (χ4v) is 2.44. The smallest absolute Gasteiger partial charge is 0.330 e. The first-order chi connectivity index (χ1) is 9.97. The molecule has 3 heteroatoms. The van der Waals surface area contributed by atoms with Crippen LogP contribution in [0.1, 0.15) is 57.6 Å². The Morgan fingerprint density at radius 2 is 1.95 bits per heavy atom. The topological polar surface area (TPSA) is 38.3 Å². The molecule has 1 N–H and O–H groups in total. The molecule has 1 aromatic carbocycles. The molecule has 1 fully saturated rings. The van der Waals surface area contributed by atoms with Crippen molar-refractivity contribution < 1.29 is 9.53 Å². The largest absolute Gasteiger partial charge is 0.464 e. The number of carbonyl (C=O) groups excluding carboxylic acids is 1. The fourth-order valence-electron chi connectivity index (χ4n) is 2.44. The van der Waals surface area contributed by atoms with Gasteiger partial charge in [-0.15, -0.1) is 0 Å². The Kier molecular flexibility index (Phi) is 5.04. The van der Waals surface area contributed by atoms with Gasteiger partial charge in [-0.2, -0.15) is 0 Å². The van der Waals surface area contributed by atoms with E-state index in [-0.39, 0.29) is 5.97 Å². The van der Waals surface area contributed by atoms with Crippen LogP contribution in [0.2, 0.25) is 0 Å². The Morgan fingerprint density at radius 1 is 1.33 bits per heavy atom. The minimum Gasteiger partial charge on any atom is -0.464 e. The predicted octanol–water partition coefficient (Wildman–Crippen LogP) is 3.59. The lowest BCUT2D eigenvalue weighted by atomic mass is 9.89. The highest BCUT2D eigenvalue weighted by Crippen LogP contribution is 2.31. The number of esters is 1. The minimum absolute atomic E-state index is 0.192. The minimum atomic E-state index is -0.756. The van der Waals surface area contributed by atoms with Gasteiger partial charge < -0.3 is 4.74 Å². The molecule has 2 rings (SSSR count). The zero-order valence-electron chi connectivity index (χ0n) is 13.6. The summed E-state index contributed by atoms with van der Waals surface area (Å²) in [6, 6.07) is 8.31. The third-order valence-electron chi connectivity index (χ3n) is 4.28. The molecule has 1 saturated carbocycles. The standard InChI is InChI=1S/C18H27NO2/c1-5-21-17(20)18(4,19-12-14-6-7-14)16-10-8-15(9-11-16)13(2)3/h8-11,13-14,19H,5-7,12H2,1-4H3. The van der Waals surface area contributed by atoms with E-state index >= 15 is 0 Å². The summed E-state index contributed by atoms with van der Waals surface area (Å²) in [6.45, 7) is 9.40. The second-order valence-corrected chi connectivity index (χ2v) is 6.45. The zero-order valence-corrected chi connectivity index (χ0v) is 13.6. The van der Waals surface area contributed by atoms with Crippen molar-refractivity contribution in [1.29, 1.82) is 0 Å². The molecule has 3 nitrogen and oxygen atoms in total. The van der Waals surface area contributed by atoms with E-state index in [4.69, 9.17) is 4.74 Å². The number of rotatable bonds is 7. The van der Waals surface area contributed by atoms with Crippen LogP contribution in [0.3, 0.4) is 0 Å². The molecule has 0 saturated heterocycles. The summed E-state index contributed by atoms with van der Waals surface area (Å²) in [4.78, 5) is 12.4. The van der Waals surface area contributed by atoms with Gasteiger partial charge in [0.25, 0.3) is 0 Å². The SMILES string of the molecule is CCOC(=O)C(C)(NCC1CC1)c1ccc(C(C)C)cc1. The van der Waals surface area contributed by atoms with E-state index in [2.05, 4.69) is 31.3 Å². The molecule has 21 heavy (non-hydrogen) atoms. The molecule has 0 bridgehead atoms. The van der Waals surface area contributed by atoms with Crippen molar-refractivity contribution in [1.82, 2.24) is 5.32 Å². The summed E-state index contributed by atoms with van der Waals surface area (Å²) in [6.07, 6.45) is 2.52. The highest BCUT2D eigenvalue weighted by atomic mass is 16.5. The average Bonchev–Trinajstić information content (AvgIpc) is 3.29. The van der Waals surface area contributed by atoms with Gasteiger partial charge in [-0.25, -0.2) is 4.79 Å². The Labute approximate surface area is 128 Å². The Hall–Kier alpha value is -1.35. The molecular formula is C18H27NO2. The van der Waals surface area contributed by atoms with Gasteiger partial charge in [-0.3, -0.25) is 5.32 Å². The van der Waals surface area contributed by atoms with E-state index < -0.39 is 5.54 Å². The van der Waals surface area contributed by atoms with Crippen molar-refractivity contribution in [3.05, 3.63) is 35.4 Å². The monoisotopic (exact) mass is 289 g/mol. The maximum atomic E-state index is 12.4. The van der Waals surface area contributed by atoms with Crippen molar-refractivity contribution in [3.8, 4) is 0 Å². The zero-order chi connectivity index (χ0) is 15.5. The van der Waals surface area contributed by atoms with Crippen molar-refractivity contribution in [3.63, 3.8) is 0 Å². The van der Waals surface area contributed by atoms with E-state index in [1.165, 1.54) is 18.4 Å². The van der Waals surface area contributed by atoms with Crippen LogP contribution in [0, 0.1) is 5.92 Å². The summed E-state index contributed by atoms with van der Waals surface area (Å²) in [5.41, 5.74) is 1.51. The Balaban J connectivity index is 2.21. The van der Waals surface area contributed by atoms with Crippen LogP contribution >= 0.6 is 0 Å². The summed E-state index contributed by atoms with van der Waals surface area (Å²) < 4.78 is 5.29. The number of hydrogen-bond acceptors (Lipinski definition) is 3. The lowest BCUT2D eigenvalue weighted by molar-refractivity contribution is -0.151. The van der Waals surface area contributed by atoms with E-state index in [9.17, 15) is 4.79 Å². The third kappa shape index (κ3) is 3.85. The number of nitrogens with one attached hydrogen (secondary N) is 1. The highest BCUT2D eigenvalue weighted by molar-refractivity contribution is 5.82. The van der Waals surface area contributed by atoms with Crippen molar-refractivity contribution in [2.75, 3.05) is 13.2 Å². The molecule has 1 aliphatic carbocycles. The van der Waals surface area contributed by atoms with E-state index in [1.807, 2.05) is 26.0 Å². The van der Waals surface area contributed by atoms with Crippen LogP contribution in [-0.2, 0) is 15.1 Å². The molecule has 0 aromatic heterocycles. The molecule has 0 spiro atoms. The first-order valence-electron chi connectivity index (χ1n) is 8.00. The maximum absolute atomic E-state index is 12.4. The van der Waals surface area contributed by atoms with Crippen LogP contribution < -0.4 is 5.32 Å². The summed E-state index contributed by atoms with van der Waals surface area (Å²) in [5.74, 6) is 1.02. The molecule has 0 amide bonds. The molecule has 0 radical (unpaired) electrons. The Morgan fingerprint density at radius 3 is 2.43 bits per heavy atom. The van der Waals surface area contributed by atoms with Gasteiger partial charge in [0.15, 0.2) is 0 Å². The van der Waals surface area contributed by atoms with E-state index in [0.717, 1.165) is 12.1 Å². The second kappa shape index (κ2) is 6.61. The molecule has 1 aromatic rings. The molecule has 0 aliphatic heterocycles. The van der Waals surface area contributed by atoms with Crippen molar-refractivity contribution in [2.24, 2.45) is 5.92 Å². The average molecular weight is 289 g/mol. The molecule has 1 aliphatic rings. The summed E-state index contributed by atoms with van der Waals surface area (Å²) in [7, 11) is 0. The maximum Gasteiger partial charge on any atom is 0.330 e. The molecule has 1 unspecified atom stereocenters. The number of benzene rings is 1. The van der Waals surface area contributed by atoms with Gasteiger partial charge in [-0.1, -0.05) is 38.1 Å². The first-order valence-corrected chi connectivity index (χ1v) is 8.00. The number of hydrogen-bond donors (Lipinski definition) is 1. The van der Waals surface area contributed by atoms with Crippen LogP contribution in [0.15, 0.2) is 24.3 Å². The molecule has 1 atom stereocenters. The molecule has 0 heterocycles. The van der Waals surface area contributed by atoms with Gasteiger partial charge in [0, 0.05) is 0 Å². The van der Waals surface area contributed by atoms with Crippen LogP contribution in [-0.4, -0.2) is 19.1 Å². The number of carbonyl (C=O) groups is 1. The summed E-state index contributed by atoms with van der Waals surface area (Å²) >= 11 is 0. The van der Waals surface area contributed by atoms with Crippen molar-refractivity contribution in [2.45, 2.75) is 52.0 Å². The quantitative estimate of drug-likeness (QED) is 0.780. The fraction of sp³-hybridized carbons (Fsp3) is 0.611. The van der Waals surface area contributed by atoms with Crippen LogP contribution in [0.5, 0.6) is 0 Å². The van der Waals surface area contributed by atoms with Gasteiger partial charge in [0.1, 0.15) is 5.54 Å². The first kappa shape index (κ1) is 16.0. The molecular weight excluding hydrogens is 262 g/mol.